The van der Waals surface area contributed by atoms with Crippen molar-refractivity contribution in [3.8, 4) is 0 Å². The Bertz CT molecular complexity index is 276. The topological polar surface area (TPSA) is 15.3 Å². The van der Waals surface area contributed by atoms with Gasteiger partial charge in [0.1, 0.15) is 0 Å². The summed E-state index contributed by atoms with van der Waals surface area (Å²) in [6, 6.07) is 0. The van der Waals surface area contributed by atoms with E-state index in [1.807, 2.05) is 0 Å². The van der Waals surface area contributed by atoms with Gasteiger partial charge in [-0.25, -0.2) is 0 Å². The maximum absolute atomic E-state index is 3.64. The van der Waals surface area contributed by atoms with Crippen molar-refractivity contribution >= 4 is 0 Å². The summed E-state index contributed by atoms with van der Waals surface area (Å²) in [4.78, 5) is 2.72. The van der Waals surface area contributed by atoms with Crippen molar-refractivity contribution in [2.75, 3.05) is 26.2 Å². The third kappa shape index (κ3) is 5.04. The van der Waals surface area contributed by atoms with Crippen LogP contribution in [0.1, 0.15) is 72.6 Å². The Morgan fingerprint density at radius 2 is 1.60 bits per heavy atom. The fourth-order valence-electron chi connectivity index (χ4n) is 4.00. The molecule has 1 heterocycles. The first-order valence-corrected chi connectivity index (χ1v) is 8.86. The van der Waals surface area contributed by atoms with Crippen LogP contribution in [0.5, 0.6) is 0 Å². The highest BCUT2D eigenvalue weighted by atomic mass is 15.1. The summed E-state index contributed by atoms with van der Waals surface area (Å²) in [7, 11) is 0. The molecule has 1 aliphatic heterocycles. The number of hydrogen-bond donors (Lipinski definition) is 1. The van der Waals surface area contributed by atoms with Crippen molar-refractivity contribution < 1.29 is 0 Å². The molecule has 1 N–H and O–H groups in total. The highest BCUT2D eigenvalue weighted by Crippen LogP contribution is 2.44. The maximum Gasteiger partial charge on any atom is 0.00966 e. The summed E-state index contributed by atoms with van der Waals surface area (Å²) in [6.45, 7) is 14.3. The Balaban J connectivity index is 1.68. The lowest BCUT2D eigenvalue weighted by atomic mass is 9.68. The van der Waals surface area contributed by atoms with E-state index in [9.17, 15) is 0 Å². The number of likely N-dealkylation sites (tertiary alicyclic amines) is 1. The van der Waals surface area contributed by atoms with E-state index in [1.54, 1.807) is 0 Å². The molecule has 20 heavy (non-hydrogen) atoms. The Kier molecular flexibility index (Phi) is 5.53. The van der Waals surface area contributed by atoms with E-state index in [0.717, 1.165) is 17.9 Å². The van der Waals surface area contributed by atoms with E-state index >= 15 is 0 Å². The third-order valence-electron chi connectivity index (χ3n) is 5.38. The Hall–Kier alpha value is -0.0800. The second-order valence-corrected chi connectivity index (χ2v) is 8.60. The van der Waals surface area contributed by atoms with Crippen LogP contribution < -0.4 is 5.32 Å². The highest BCUT2D eigenvalue weighted by Gasteiger charge is 2.35. The van der Waals surface area contributed by atoms with Gasteiger partial charge in [-0.1, -0.05) is 26.2 Å². The lowest BCUT2D eigenvalue weighted by Crippen LogP contribution is -2.45. The van der Waals surface area contributed by atoms with Crippen LogP contribution in [0.25, 0.3) is 0 Å². The zero-order valence-electron chi connectivity index (χ0n) is 14.3. The highest BCUT2D eigenvalue weighted by molar-refractivity contribution is 4.88. The van der Waals surface area contributed by atoms with Crippen LogP contribution in [0.15, 0.2) is 0 Å². The van der Waals surface area contributed by atoms with Crippen LogP contribution in [0.4, 0.5) is 0 Å². The van der Waals surface area contributed by atoms with E-state index in [2.05, 4.69) is 37.9 Å². The molecular formula is C18H36N2. The molecule has 2 rings (SSSR count). The zero-order valence-corrected chi connectivity index (χ0v) is 14.3. The second-order valence-electron chi connectivity index (χ2n) is 8.60. The molecule has 1 saturated carbocycles. The molecule has 0 radical (unpaired) electrons. The van der Waals surface area contributed by atoms with Crippen LogP contribution in [0.3, 0.4) is 0 Å². The Labute approximate surface area is 126 Å². The van der Waals surface area contributed by atoms with E-state index < -0.39 is 0 Å². The SMILES string of the molecule is CC(CNC(C)(C)C)CN1CCC2(CCCCC2)CC1. The minimum Gasteiger partial charge on any atom is -0.312 e. The molecule has 2 heteroatoms. The van der Waals surface area contributed by atoms with Gasteiger partial charge in [0.15, 0.2) is 0 Å². The molecule has 0 bridgehead atoms. The molecule has 118 valence electrons. The summed E-state index contributed by atoms with van der Waals surface area (Å²) in [6.07, 6.45) is 10.4. The average Bonchev–Trinajstić information content (AvgIpc) is 2.40. The molecule has 0 amide bonds. The molecule has 0 aromatic rings. The first kappa shape index (κ1) is 16.3. The number of nitrogens with zero attached hydrogens (tertiary/aromatic N) is 1. The van der Waals surface area contributed by atoms with Gasteiger partial charge < -0.3 is 10.2 Å². The van der Waals surface area contributed by atoms with E-state index in [4.69, 9.17) is 0 Å². The maximum atomic E-state index is 3.64. The molecule has 2 fully saturated rings. The van der Waals surface area contributed by atoms with Crippen molar-refractivity contribution in [3.63, 3.8) is 0 Å². The first-order valence-electron chi connectivity index (χ1n) is 8.86. The van der Waals surface area contributed by atoms with Crippen molar-refractivity contribution in [3.05, 3.63) is 0 Å². The molecule has 1 spiro atoms. The van der Waals surface area contributed by atoms with Gasteiger partial charge in [0.2, 0.25) is 0 Å². The minimum absolute atomic E-state index is 0.252. The predicted octanol–water partition coefficient (Wildman–Crippen LogP) is 4.06. The van der Waals surface area contributed by atoms with Crippen LogP contribution in [-0.4, -0.2) is 36.6 Å². The van der Waals surface area contributed by atoms with E-state index in [1.165, 1.54) is 64.6 Å². The number of piperidine rings is 1. The largest absolute Gasteiger partial charge is 0.312 e. The lowest BCUT2D eigenvalue weighted by molar-refractivity contribution is 0.0605. The standard InChI is InChI=1S/C18H36N2/c1-16(14-19-17(2,3)4)15-20-12-10-18(11-13-20)8-6-5-7-9-18/h16,19H,5-15H2,1-4H3. The van der Waals surface area contributed by atoms with Crippen LogP contribution in [0, 0.1) is 11.3 Å². The number of nitrogens with one attached hydrogen (secondary N) is 1. The monoisotopic (exact) mass is 280 g/mol. The minimum atomic E-state index is 0.252. The first-order chi connectivity index (χ1) is 9.39. The molecular weight excluding hydrogens is 244 g/mol. The molecule has 1 aliphatic carbocycles. The lowest BCUT2D eigenvalue weighted by Gasteiger charge is -2.45. The fourth-order valence-corrected chi connectivity index (χ4v) is 4.00. The average molecular weight is 280 g/mol. The van der Waals surface area contributed by atoms with Gasteiger partial charge in [-0.2, -0.15) is 0 Å². The zero-order chi connectivity index (χ0) is 14.6. The second kappa shape index (κ2) is 6.79. The van der Waals surface area contributed by atoms with Crippen LogP contribution in [0.2, 0.25) is 0 Å². The molecule has 1 unspecified atom stereocenters. The number of hydrogen-bond acceptors (Lipinski definition) is 2. The predicted molar refractivity (Wildman–Crippen MR) is 88.1 cm³/mol. The van der Waals surface area contributed by atoms with Gasteiger partial charge in [0.25, 0.3) is 0 Å². The van der Waals surface area contributed by atoms with Crippen LogP contribution >= 0.6 is 0 Å². The van der Waals surface area contributed by atoms with Gasteiger partial charge >= 0.3 is 0 Å². The van der Waals surface area contributed by atoms with Crippen molar-refractivity contribution in [1.29, 1.82) is 0 Å². The normalized spacial score (nSPS) is 25.8. The molecule has 2 aliphatic rings. The quantitative estimate of drug-likeness (QED) is 0.835. The summed E-state index contributed by atoms with van der Waals surface area (Å²) in [5, 5.41) is 3.64. The van der Waals surface area contributed by atoms with Gasteiger partial charge in [-0.15, -0.1) is 0 Å². The van der Waals surface area contributed by atoms with Crippen molar-refractivity contribution in [2.45, 2.75) is 78.2 Å². The summed E-state index contributed by atoms with van der Waals surface area (Å²) in [5.74, 6) is 0.759. The molecule has 1 saturated heterocycles. The third-order valence-corrected chi connectivity index (χ3v) is 5.38. The fraction of sp³-hybridized carbons (Fsp3) is 1.00. The van der Waals surface area contributed by atoms with Gasteiger partial charge in [0.05, 0.1) is 0 Å². The summed E-state index contributed by atoms with van der Waals surface area (Å²) in [5.41, 5.74) is 1.00. The number of rotatable bonds is 4. The summed E-state index contributed by atoms with van der Waals surface area (Å²) < 4.78 is 0. The van der Waals surface area contributed by atoms with Gasteiger partial charge in [0, 0.05) is 12.1 Å². The molecule has 1 atom stereocenters. The van der Waals surface area contributed by atoms with E-state index in [0.29, 0.717) is 0 Å². The van der Waals surface area contributed by atoms with Gasteiger partial charge in [-0.05, 0) is 77.4 Å². The van der Waals surface area contributed by atoms with Crippen molar-refractivity contribution in [1.82, 2.24) is 10.2 Å². The Morgan fingerprint density at radius 3 is 2.15 bits per heavy atom. The Morgan fingerprint density at radius 1 is 1.00 bits per heavy atom. The molecule has 2 nitrogen and oxygen atoms in total. The van der Waals surface area contributed by atoms with Crippen molar-refractivity contribution in [2.24, 2.45) is 11.3 Å². The summed E-state index contributed by atoms with van der Waals surface area (Å²) >= 11 is 0. The van der Waals surface area contributed by atoms with Crippen LogP contribution in [-0.2, 0) is 0 Å². The molecule has 0 aromatic carbocycles. The molecule has 0 aromatic heterocycles. The smallest absolute Gasteiger partial charge is 0.00966 e. The van der Waals surface area contributed by atoms with E-state index in [-0.39, 0.29) is 5.54 Å². The van der Waals surface area contributed by atoms with Gasteiger partial charge in [-0.3, -0.25) is 0 Å².